The Hall–Kier alpha value is -1.50. The third-order valence-corrected chi connectivity index (χ3v) is 4.45. The van der Waals surface area contributed by atoms with Gasteiger partial charge in [-0.3, -0.25) is 10.1 Å². The van der Waals surface area contributed by atoms with E-state index in [-0.39, 0.29) is 35.7 Å². The summed E-state index contributed by atoms with van der Waals surface area (Å²) >= 11 is 0. The minimum absolute atomic E-state index is 0.0799. The van der Waals surface area contributed by atoms with E-state index in [2.05, 4.69) is 15.3 Å². The van der Waals surface area contributed by atoms with E-state index in [1.807, 2.05) is 0 Å². The number of nitrogens with zero attached hydrogens (tertiary/aromatic N) is 2. The van der Waals surface area contributed by atoms with Gasteiger partial charge in [-0.05, 0) is 18.4 Å². The van der Waals surface area contributed by atoms with Crippen molar-refractivity contribution in [3.63, 3.8) is 0 Å². The molecule has 1 fully saturated rings. The van der Waals surface area contributed by atoms with E-state index in [1.54, 1.807) is 6.07 Å². The number of anilines is 1. The highest BCUT2D eigenvalue weighted by Gasteiger charge is 2.29. The van der Waals surface area contributed by atoms with Crippen molar-refractivity contribution in [2.75, 3.05) is 16.8 Å². The molecule has 17 heavy (non-hydrogen) atoms. The summed E-state index contributed by atoms with van der Waals surface area (Å²) in [4.78, 5) is 19.3. The predicted octanol–water partition coefficient (Wildman–Crippen LogP) is 0.240. The predicted molar refractivity (Wildman–Crippen MR) is 62.0 cm³/mol. The normalized spacial score (nSPS) is 22.2. The molecule has 6 nitrogen and oxygen atoms in total. The van der Waals surface area contributed by atoms with E-state index in [4.69, 9.17) is 0 Å². The first-order chi connectivity index (χ1) is 8.05. The average Bonchev–Trinajstić information content (AvgIpc) is 2.59. The Bertz CT molecular complexity index is 501. The SMILES string of the molecule is O=C(CC1CCS(=O)(=O)C1)Nc1ncccn1. The molecule has 0 saturated carbocycles. The molecule has 0 spiro atoms. The molecule has 1 aromatic rings. The van der Waals surface area contributed by atoms with Crippen LogP contribution >= 0.6 is 0 Å². The fraction of sp³-hybridized carbons (Fsp3) is 0.500. The van der Waals surface area contributed by atoms with E-state index in [0.717, 1.165) is 0 Å². The third-order valence-electron chi connectivity index (χ3n) is 2.62. The van der Waals surface area contributed by atoms with Crippen molar-refractivity contribution in [2.24, 2.45) is 5.92 Å². The maximum Gasteiger partial charge on any atom is 0.229 e. The lowest BCUT2D eigenvalue weighted by Crippen LogP contribution is -2.18. The second-order valence-electron chi connectivity index (χ2n) is 4.09. The Kier molecular flexibility index (Phi) is 3.37. The Balaban J connectivity index is 1.87. The molecular weight excluding hydrogens is 242 g/mol. The summed E-state index contributed by atoms with van der Waals surface area (Å²) in [5.74, 6) is 0.225. The molecule has 1 aromatic heterocycles. The summed E-state index contributed by atoms with van der Waals surface area (Å²) in [5.41, 5.74) is 0. The van der Waals surface area contributed by atoms with Crippen molar-refractivity contribution < 1.29 is 13.2 Å². The van der Waals surface area contributed by atoms with E-state index >= 15 is 0 Å². The van der Waals surface area contributed by atoms with Crippen LogP contribution in [0.5, 0.6) is 0 Å². The number of hydrogen-bond acceptors (Lipinski definition) is 5. The summed E-state index contributed by atoms with van der Waals surface area (Å²) in [7, 11) is -2.93. The van der Waals surface area contributed by atoms with E-state index in [9.17, 15) is 13.2 Å². The van der Waals surface area contributed by atoms with Gasteiger partial charge in [0.1, 0.15) is 0 Å². The van der Waals surface area contributed by atoms with Gasteiger partial charge in [-0.2, -0.15) is 0 Å². The van der Waals surface area contributed by atoms with Crippen LogP contribution in [-0.4, -0.2) is 35.8 Å². The molecule has 1 atom stereocenters. The number of carbonyl (C=O) groups is 1. The van der Waals surface area contributed by atoms with Crippen molar-refractivity contribution in [3.8, 4) is 0 Å². The van der Waals surface area contributed by atoms with Gasteiger partial charge < -0.3 is 0 Å². The third kappa shape index (κ3) is 3.48. The number of rotatable bonds is 3. The fourth-order valence-electron chi connectivity index (χ4n) is 1.83. The fourth-order valence-corrected chi connectivity index (χ4v) is 3.70. The summed E-state index contributed by atoms with van der Waals surface area (Å²) in [6, 6.07) is 1.65. The lowest BCUT2D eigenvalue weighted by atomic mass is 10.1. The first-order valence-electron chi connectivity index (χ1n) is 5.32. The first kappa shape index (κ1) is 12.0. The van der Waals surface area contributed by atoms with Crippen LogP contribution in [0.1, 0.15) is 12.8 Å². The summed E-state index contributed by atoms with van der Waals surface area (Å²) in [6.07, 6.45) is 3.83. The molecule has 0 aliphatic carbocycles. The molecule has 1 aliphatic rings. The molecule has 92 valence electrons. The van der Waals surface area contributed by atoms with Gasteiger partial charge >= 0.3 is 0 Å². The van der Waals surface area contributed by atoms with Gasteiger partial charge in [-0.1, -0.05) is 0 Å². The van der Waals surface area contributed by atoms with Gasteiger partial charge in [0.15, 0.2) is 9.84 Å². The molecule has 0 radical (unpaired) electrons. The van der Waals surface area contributed by atoms with E-state index in [1.165, 1.54) is 12.4 Å². The Morgan fingerprint density at radius 1 is 1.41 bits per heavy atom. The molecular formula is C10H13N3O3S. The van der Waals surface area contributed by atoms with Crippen molar-refractivity contribution in [1.82, 2.24) is 9.97 Å². The minimum Gasteiger partial charge on any atom is -0.295 e. The monoisotopic (exact) mass is 255 g/mol. The van der Waals surface area contributed by atoms with Gasteiger partial charge in [0, 0.05) is 18.8 Å². The van der Waals surface area contributed by atoms with Crippen molar-refractivity contribution in [1.29, 1.82) is 0 Å². The summed E-state index contributed by atoms with van der Waals surface area (Å²) in [6.45, 7) is 0. The van der Waals surface area contributed by atoms with Crippen LogP contribution < -0.4 is 5.32 Å². The standard InChI is InChI=1S/C10H13N3O3S/c14-9(13-10-11-3-1-4-12-10)6-8-2-5-17(15,16)7-8/h1,3-4,8H,2,5-7H2,(H,11,12,13,14). The van der Waals surface area contributed by atoms with Gasteiger partial charge in [-0.25, -0.2) is 18.4 Å². The lowest BCUT2D eigenvalue weighted by molar-refractivity contribution is -0.116. The molecule has 7 heteroatoms. The highest BCUT2D eigenvalue weighted by molar-refractivity contribution is 7.91. The molecule has 1 aliphatic heterocycles. The number of aromatic nitrogens is 2. The van der Waals surface area contributed by atoms with Crippen LogP contribution in [0.2, 0.25) is 0 Å². The van der Waals surface area contributed by atoms with Gasteiger partial charge in [0.05, 0.1) is 11.5 Å². The van der Waals surface area contributed by atoms with Gasteiger partial charge in [-0.15, -0.1) is 0 Å². The largest absolute Gasteiger partial charge is 0.295 e. The summed E-state index contributed by atoms with van der Waals surface area (Å²) in [5, 5.41) is 2.54. The first-order valence-corrected chi connectivity index (χ1v) is 7.14. The molecule has 2 heterocycles. The second-order valence-corrected chi connectivity index (χ2v) is 6.32. The zero-order chi connectivity index (χ0) is 12.3. The minimum atomic E-state index is -2.93. The number of carbonyl (C=O) groups excluding carboxylic acids is 1. The van der Waals surface area contributed by atoms with Crippen LogP contribution in [0.25, 0.3) is 0 Å². The Morgan fingerprint density at radius 2 is 2.12 bits per heavy atom. The van der Waals surface area contributed by atoms with Crippen molar-refractivity contribution >= 4 is 21.7 Å². The highest BCUT2D eigenvalue weighted by atomic mass is 32.2. The van der Waals surface area contributed by atoms with Crippen molar-refractivity contribution in [2.45, 2.75) is 12.8 Å². The maximum absolute atomic E-state index is 11.6. The number of sulfone groups is 1. The molecule has 1 amide bonds. The molecule has 1 saturated heterocycles. The zero-order valence-corrected chi connectivity index (χ0v) is 9.98. The molecule has 0 aromatic carbocycles. The maximum atomic E-state index is 11.6. The molecule has 1 unspecified atom stereocenters. The highest BCUT2D eigenvalue weighted by Crippen LogP contribution is 2.21. The van der Waals surface area contributed by atoms with E-state index in [0.29, 0.717) is 6.42 Å². The summed E-state index contributed by atoms with van der Waals surface area (Å²) < 4.78 is 22.4. The molecule has 1 N–H and O–H groups in total. The molecule has 2 rings (SSSR count). The van der Waals surface area contributed by atoms with Crippen LogP contribution in [0, 0.1) is 5.92 Å². The number of hydrogen-bond donors (Lipinski definition) is 1. The Labute approximate surface area is 99.4 Å². The Morgan fingerprint density at radius 3 is 2.71 bits per heavy atom. The van der Waals surface area contributed by atoms with E-state index < -0.39 is 9.84 Å². The number of nitrogens with one attached hydrogen (secondary N) is 1. The van der Waals surface area contributed by atoms with Crippen LogP contribution in [0.4, 0.5) is 5.95 Å². The molecule has 0 bridgehead atoms. The smallest absolute Gasteiger partial charge is 0.229 e. The van der Waals surface area contributed by atoms with Crippen LogP contribution in [-0.2, 0) is 14.6 Å². The zero-order valence-electron chi connectivity index (χ0n) is 9.17. The average molecular weight is 255 g/mol. The van der Waals surface area contributed by atoms with Crippen LogP contribution in [0.3, 0.4) is 0 Å². The number of amides is 1. The van der Waals surface area contributed by atoms with Gasteiger partial charge in [0.2, 0.25) is 11.9 Å². The quantitative estimate of drug-likeness (QED) is 0.835. The topological polar surface area (TPSA) is 89.0 Å². The van der Waals surface area contributed by atoms with Crippen molar-refractivity contribution in [3.05, 3.63) is 18.5 Å². The van der Waals surface area contributed by atoms with Crippen LogP contribution in [0.15, 0.2) is 18.5 Å². The second kappa shape index (κ2) is 4.79. The lowest BCUT2D eigenvalue weighted by Gasteiger charge is -2.06. The van der Waals surface area contributed by atoms with Gasteiger partial charge in [0.25, 0.3) is 0 Å².